The van der Waals surface area contributed by atoms with Crippen molar-refractivity contribution in [3.63, 3.8) is 0 Å². The van der Waals surface area contributed by atoms with E-state index in [0.29, 0.717) is 11.3 Å². The molecule has 1 aromatic rings. The highest BCUT2D eigenvalue weighted by molar-refractivity contribution is 5.20. The molecule has 16 heavy (non-hydrogen) atoms. The van der Waals surface area contributed by atoms with Gasteiger partial charge in [-0.2, -0.15) is 0 Å². The minimum atomic E-state index is 0.385. The molecule has 0 aliphatic carbocycles. The number of hydrogen-bond acceptors (Lipinski definition) is 0. The van der Waals surface area contributed by atoms with E-state index < -0.39 is 0 Å². The molecule has 0 saturated heterocycles. The summed E-state index contributed by atoms with van der Waals surface area (Å²) in [6.07, 6.45) is 2.56. The Kier molecular flexibility index (Phi) is 4.58. The van der Waals surface area contributed by atoms with Crippen LogP contribution in [0.3, 0.4) is 0 Å². The molecule has 0 nitrogen and oxygen atoms in total. The van der Waals surface area contributed by atoms with Crippen LogP contribution in [0, 0.1) is 11.3 Å². The van der Waals surface area contributed by atoms with Gasteiger partial charge in [0.1, 0.15) is 0 Å². The predicted octanol–water partition coefficient (Wildman–Crippen LogP) is 5.25. The molecule has 0 radical (unpaired) electrons. The van der Waals surface area contributed by atoms with E-state index >= 15 is 0 Å². The molecule has 0 spiro atoms. The highest BCUT2D eigenvalue weighted by Crippen LogP contribution is 2.39. The summed E-state index contributed by atoms with van der Waals surface area (Å²) in [4.78, 5) is 0. The Bertz CT molecular complexity index is 292. The smallest absolute Gasteiger partial charge is 0.0131 e. The molecule has 0 heterocycles. The molecule has 0 heteroatoms. The molecule has 0 aliphatic rings. The van der Waals surface area contributed by atoms with Crippen LogP contribution < -0.4 is 0 Å². The van der Waals surface area contributed by atoms with E-state index in [1.165, 1.54) is 18.4 Å². The van der Waals surface area contributed by atoms with E-state index in [4.69, 9.17) is 0 Å². The van der Waals surface area contributed by atoms with E-state index in [2.05, 4.69) is 65.0 Å². The largest absolute Gasteiger partial charge is 0.0654 e. The van der Waals surface area contributed by atoms with Crippen LogP contribution in [0.15, 0.2) is 30.3 Å². The number of benzene rings is 1. The molecular formula is C16H26. The summed E-state index contributed by atoms with van der Waals surface area (Å²) in [5.41, 5.74) is 1.89. The molecule has 2 unspecified atom stereocenters. The first-order valence-corrected chi connectivity index (χ1v) is 6.51. The van der Waals surface area contributed by atoms with E-state index in [9.17, 15) is 0 Å². The van der Waals surface area contributed by atoms with Crippen LogP contribution in [0.25, 0.3) is 0 Å². The summed E-state index contributed by atoms with van der Waals surface area (Å²) in [6.45, 7) is 11.7. The summed E-state index contributed by atoms with van der Waals surface area (Å²) < 4.78 is 0. The molecule has 2 atom stereocenters. The van der Waals surface area contributed by atoms with Crippen LogP contribution in [-0.2, 0) is 0 Å². The monoisotopic (exact) mass is 218 g/mol. The lowest BCUT2D eigenvalue weighted by atomic mass is 9.70. The standard InChI is InChI=1S/C16H26/c1-6-10-15(13(2)16(3,4)5)14-11-8-7-9-12-14/h7-9,11-13,15H,6,10H2,1-5H3. The van der Waals surface area contributed by atoms with Crippen molar-refractivity contribution in [2.24, 2.45) is 11.3 Å². The van der Waals surface area contributed by atoms with Crippen molar-refractivity contribution in [1.82, 2.24) is 0 Å². The minimum Gasteiger partial charge on any atom is -0.0654 e. The van der Waals surface area contributed by atoms with Gasteiger partial charge in [0.05, 0.1) is 0 Å². The Labute approximate surface area is 101 Å². The van der Waals surface area contributed by atoms with Gasteiger partial charge in [-0.15, -0.1) is 0 Å². The van der Waals surface area contributed by atoms with Crippen molar-refractivity contribution < 1.29 is 0 Å². The maximum Gasteiger partial charge on any atom is -0.0131 e. The second-order valence-electron chi connectivity index (χ2n) is 5.96. The second kappa shape index (κ2) is 5.52. The number of hydrogen-bond donors (Lipinski definition) is 0. The van der Waals surface area contributed by atoms with E-state index in [0.717, 1.165) is 5.92 Å². The van der Waals surface area contributed by atoms with Crippen LogP contribution in [-0.4, -0.2) is 0 Å². The van der Waals surface area contributed by atoms with Gasteiger partial charge in [0, 0.05) is 0 Å². The van der Waals surface area contributed by atoms with E-state index in [-0.39, 0.29) is 0 Å². The molecule has 0 bridgehead atoms. The average molecular weight is 218 g/mol. The topological polar surface area (TPSA) is 0 Å². The van der Waals surface area contributed by atoms with Gasteiger partial charge in [-0.05, 0) is 29.2 Å². The Hall–Kier alpha value is -0.780. The van der Waals surface area contributed by atoms with Gasteiger partial charge in [0.25, 0.3) is 0 Å². The lowest BCUT2D eigenvalue weighted by molar-refractivity contribution is 0.212. The van der Waals surface area contributed by atoms with E-state index in [1.54, 1.807) is 0 Å². The summed E-state index contributed by atoms with van der Waals surface area (Å²) in [5.74, 6) is 1.42. The van der Waals surface area contributed by atoms with Crippen LogP contribution in [0.2, 0.25) is 0 Å². The van der Waals surface area contributed by atoms with Gasteiger partial charge in [-0.3, -0.25) is 0 Å². The fourth-order valence-corrected chi connectivity index (χ4v) is 2.32. The normalized spacial score (nSPS) is 15.8. The second-order valence-corrected chi connectivity index (χ2v) is 5.96. The summed E-state index contributed by atoms with van der Waals surface area (Å²) in [6, 6.07) is 11.0. The third kappa shape index (κ3) is 3.37. The van der Waals surface area contributed by atoms with Crippen molar-refractivity contribution in [1.29, 1.82) is 0 Å². The Morgan fingerprint density at radius 3 is 2.06 bits per heavy atom. The van der Waals surface area contributed by atoms with Gasteiger partial charge in [-0.25, -0.2) is 0 Å². The first-order chi connectivity index (χ1) is 7.46. The zero-order valence-corrected chi connectivity index (χ0v) is 11.5. The zero-order chi connectivity index (χ0) is 12.2. The SMILES string of the molecule is CCCC(c1ccccc1)C(C)C(C)(C)C. The lowest BCUT2D eigenvalue weighted by Gasteiger charge is -2.35. The Morgan fingerprint density at radius 1 is 1.06 bits per heavy atom. The highest BCUT2D eigenvalue weighted by atomic mass is 14.3. The van der Waals surface area contributed by atoms with Crippen molar-refractivity contribution in [3.8, 4) is 0 Å². The summed E-state index contributed by atoms with van der Waals surface area (Å²) in [5, 5.41) is 0. The molecule has 0 amide bonds. The molecular weight excluding hydrogens is 192 g/mol. The molecule has 0 aromatic heterocycles. The zero-order valence-electron chi connectivity index (χ0n) is 11.5. The van der Waals surface area contributed by atoms with Crippen LogP contribution in [0.5, 0.6) is 0 Å². The van der Waals surface area contributed by atoms with Crippen molar-refractivity contribution in [2.75, 3.05) is 0 Å². The predicted molar refractivity (Wildman–Crippen MR) is 72.7 cm³/mol. The fraction of sp³-hybridized carbons (Fsp3) is 0.625. The quantitative estimate of drug-likeness (QED) is 0.647. The van der Waals surface area contributed by atoms with Crippen LogP contribution >= 0.6 is 0 Å². The highest BCUT2D eigenvalue weighted by Gasteiger charge is 2.28. The van der Waals surface area contributed by atoms with Gasteiger partial charge in [0.15, 0.2) is 0 Å². The van der Waals surface area contributed by atoms with Crippen molar-refractivity contribution in [3.05, 3.63) is 35.9 Å². The minimum absolute atomic E-state index is 0.385. The van der Waals surface area contributed by atoms with Crippen LogP contribution in [0.1, 0.15) is 58.9 Å². The van der Waals surface area contributed by atoms with Crippen molar-refractivity contribution >= 4 is 0 Å². The Morgan fingerprint density at radius 2 is 1.62 bits per heavy atom. The van der Waals surface area contributed by atoms with Crippen molar-refractivity contribution in [2.45, 2.75) is 53.4 Å². The first-order valence-electron chi connectivity index (χ1n) is 6.51. The van der Waals surface area contributed by atoms with E-state index in [1.807, 2.05) is 0 Å². The molecule has 90 valence electrons. The average Bonchev–Trinajstić information content (AvgIpc) is 2.25. The summed E-state index contributed by atoms with van der Waals surface area (Å²) in [7, 11) is 0. The molecule has 0 N–H and O–H groups in total. The van der Waals surface area contributed by atoms with Gasteiger partial charge in [0.2, 0.25) is 0 Å². The lowest BCUT2D eigenvalue weighted by Crippen LogP contribution is -2.24. The maximum absolute atomic E-state index is 2.40. The first kappa shape index (κ1) is 13.3. The fourth-order valence-electron chi connectivity index (χ4n) is 2.32. The number of rotatable bonds is 4. The molecule has 0 aliphatic heterocycles. The molecule has 0 saturated carbocycles. The maximum atomic E-state index is 2.40. The third-order valence-electron chi connectivity index (χ3n) is 3.80. The van der Waals surface area contributed by atoms with Gasteiger partial charge in [-0.1, -0.05) is 71.4 Å². The third-order valence-corrected chi connectivity index (χ3v) is 3.80. The summed E-state index contributed by atoms with van der Waals surface area (Å²) >= 11 is 0. The molecule has 1 aromatic carbocycles. The van der Waals surface area contributed by atoms with Crippen LogP contribution in [0.4, 0.5) is 0 Å². The Balaban J connectivity index is 2.92. The molecule has 1 rings (SSSR count). The van der Waals surface area contributed by atoms with Gasteiger partial charge < -0.3 is 0 Å². The van der Waals surface area contributed by atoms with Gasteiger partial charge >= 0.3 is 0 Å². The molecule has 0 fully saturated rings.